The fourth-order valence-corrected chi connectivity index (χ4v) is 3.49. The molecule has 0 radical (unpaired) electrons. The summed E-state index contributed by atoms with van der Waals surface area (Å²) >= 11 is 5.44. The summed E-state index contributed by atoms with van der Waals surface area (Å²) in [6, 6.07) is 26.1. The van der Waals surface area contributed by atoms with Crippen LogP contribution in [0, 0.1) is 0 Å². The number of hydrogen-bond acceptors (Lipinski definition) is 3. The lowest BCUT2D eigenvalue weighted by Gasteiger charge is -2.27. The third-order valence-corrected chi connectivity index (χ3v) is 4.96. The Hall–Kier alpha value is -3.31. The average molecular weight is 403 g/mol. The van der Waals surface area contributed by atoms with Gasteiger partial charge in [0.25, 0.3) is 0 Å². The third-order valence-electron chi connectivity index (χ3n) is 4.74. The molecule has 1 heterocycles. The Balaban J connectivity index is 1.61. The summed E-state index contributed by atoms with van der Waals surface area (Å²) in [5, 5.41) is 7.16. The summed E-state index contributed by atoms with van der Waals surface area (Å²) in [6.07, 6.45) is 2.13. The van der Waals surface area contributed by atoms with E-state index in [2.05, 4.69) is 28.8 Å². The van der Waals surface area contributed by atoms with Crippen LogP contribution in [-0.2, 0) is 6.61 Å². The maximum atomic E-state index is 6.06. The van der Waals surface area contributed by atoms with Crippen LogP contribution < -0.4 is 20.1 Å². The summed E-state index contributed by atoms with van der Waals surface area (Å²) in [4.78, 5) is 0. The molecule has 0 bridgehead atoms. The second-order valence-electron chi connectivity index (χ2n) is 6.71. The van der Waals surface area contributed by atoms with Gasteiger partial charge in [0.2, 0.25) is 0 Å². The smallest absolute Gasteiger partial charge is 0.171 e. The molecule has 0 aliphatic carbocycles. The van der Waals surface area contributed by atoms with Gasteiger partial charge in [-0.2, -0.15) is 0 Å². The predicted molar refractivity (Wildman–Crippen MR) is 120 cm³/mol. The summed E-state index contributed by atoms with van der Waals surface area (Å²) in [5.74, 6) is 1.41. The molecule has 0 fully saturated rings. The summed E-state index contributed by atoms with van der Waals surface area (Å²) in [5.41, 5.74) is 4.23. The van der Waals surface area contributed by atoms with E-state index in [4.69, 9.17) is 21.7 Å². The maximum Gasteiger partial charge on any atom is 0.171 e. The molecule has 4 rings (SSSR count). The average Bonchev–Trinajstić information content (AvgIpc) is 2.78. The van der Waals surface area contributed by atoms with Crippen molar-refractivity contribution in [2.24, 2.45) is 0 Å². The van der Waals surface area contributed by atoms with Crippen LogP contribution in [0.4, 0.5) is 0 Å². The molecule has 0 saturated carbocycles. The van der Waals surface area contributed by atoms with Crippen molar-refractivity contribution >= 4 is 23.0 Å². The van der Waals surface area contributed by atoms with Gasteiger partial charge in [-0.1, -0.05) is 66.7 Å². The molecular weight excluding hydrogens is 380 g/mol. The zero-order valence-corrected chi connectivity index (χ0v) is 16.9. The van der Waals surface area contributed by atoms with Crippen molar-refractivity contribution < 1.29 is 9.47 Å². The van der Waals surface area contributed by atoms with Crippen molar-refractivity contribution in [3.05, 3.63) is 102 Å². The minimum absolute atomic E-state index is 0.0658. The number of methoxy groups -OCH3 is 1. The molecule has 0 spiro atoms. The van der Waals surface area contributed by atoms with Gasteiger partial charge in [-0.15, -0.1) is 0 Å². The van der Waals surface area contributed by atoms with Gasteiger partial charge in [-0.3, -0.25) is 0 Å². The van der Waals surface area contributed by atoms with E-state index in [1.807, 2.05) is 66.7 Å². The van der Waals surface area contributed by atoms with E-state index >= 15 is 0 Å². The number of rotatable bonds is 6. The van der Waals surface area contributed by atoms with Crippen LogP contribution in [0.15, 0.2) is 84.9 Å². The predicted octanol–water partition coefficient (Wildman–Crippen LogP) is 4.83. The Morgan fingerprint density at radius 3 is 2.34 bits per heavy atom. The zero-order valence-electron chi connectivity index (χ0n) is 16.1. The van der Waals surface area contributed by atoms with E-state index in [1.54, 1.807) is 7.11 Å². The Morgan fingerprint density at radius 1 is 0.897 bits per heavy atom. The lowest BCUT2D eigenvalue weighted by atomic mass is 10.0. The van der Waals surface area contributed by atoms with Crippen LogP contribution in [0.5, 0.6) is 11.5 Å². The van der Waals surface area contributed by atoms with E-state index < -0.39 is 0 Å². The Morgan fingerprint density at radius 2 is 1.62 bits per heavy atom. The lowest BCUT2D eigenvalue weighted by Crippen LogP contribution is -2.40. The fourth-order valence-electron chi connectivity index (χ4n) is 3.25. The Kier molecular flexibility index (Phi) is 5.77. The quantitative estimate of drug-likeness (QED) is 0.578. The van der Waals surface area contributed by atoms with Crippen molar-refractivity contribution in [2.75, 3.05) is 7.11 Å². The van der Waals surface area contributed by atoms with E-state index in [-0.39, 0.29) is 6.04 Å². The molecule has 1 atom stereocenters. The van der Waals surface area contributed by atoms with Crippen molar-refractivity contribution in [3.63, 3.8) is 0 Å². The van der Waals surface area contributed by atoms with Crippen LogP contribution in [0.2, 0.25) is 0 Å². The number of ether oxygens (including phenoxy) is 2. The molecule has 1 aliphatic heterocycles. The molecular formula is C24H22N2O2S. The lowest BCUT2D eigenvalue weighted by molar-refractivity contribution is 0.284. The number of thiocarbonyl (C=S) groups is 1. The van der Waals surface area contributed by atoms with Gasteiger partial charge in [0.05, 0.1) is 13.2 Å². The van der Waals surface area contributed by atoms with Gasteiger partial charge in [0, 0.05) is 5.70 Å². The summed E-state index contributed by atoms with van der Waals surface area (Å²) < 4.78 is 11.6. The highest BCUT2D eigenvalue weighted by molar-refractivity contribution is 7.80. The van der Waals surface area contributed by atoms with E-state index in [0.29, 0.717) is 23.2 Å². The van der Waals surface area contributed by atoms with Crippen LogP contribution in [0.1, 0.15) is 22.7 Å². The van der Waals surface area contributed by atoms with Gasteiger partial charge in [-0.25, -0.2) is 0 Å². The highest BCUT2D eigenvalue weighted by atomic mass is 32.1. The molecule has 1 unspecified atom stereocenters. The zero-order chi connectivity index (χ0) is 20.1. The molecule has 2 N–H and O–H groups in total. The second-order valence-corrected chi connectivity index (χ2v) is 7.12. The largest absolute Gasteiger partial charge is 0.493 e. The normalized spacial score (nSPS) is 15.7. The topological polar surface area (TPSA) is 42.5 Å². The van der Waals surface area contributed by atoms with E-state index in [1.165, 1.54) is 0 Å². The van der Waals surface area contributed by atoms with E-state index in [0.717, 1.165) is 22.4 Å². The van der Waals surface area contributed by atoms with Crippen molar-refractivity contribution in [2.45, 2.75) is 12.6 Å². The van der Waals surface area contributed by atoms with E-state index in [9.17, 15) is 0 Å². The molecule has 3 aromatic rings. The van der Waals surface area contributed by atoms with Crippen molar-refractivity contribution in [1.82, 2.24) is 10.6 Å². The SMILES string of the molecule is COc1ccc(C2C=C(c3ccccc3)NC(=S)N2)cc1OCc1ccccc1. The molecule has 0 amide bonds. The second kappa shape index (κ2) is 8.80. The fraction of sp³-hybridized carbons (Fsp3) is 0.125. The molecule has 1 aliphatic rings. The molecule has 146 valence electrons. The third kappa shape index (κ3) is 4.58. The van der Waals surface area contributed by atoms with Gasteiger partial charge < -0.3 is 20.1 Å². The van der Waals surface area contributed by atoms with Crippen LogP contribution >= 0.6 is 12.2 Å². The van der Waals surface area contributed by atoms with Gasteiger partial charge in [0.1, 0.15) is 6.61 Å². The number of hydrogen-bond donors (Lipinski definition) is 2. The minimum atomic E-state index is -0.0658. The van der Waals surface area contributed by atoms with Crippen molar-refractivity contribution in [1.29, 1.82) is 0 Å². The molecule has 29 heavy (non-hydrogen) atoms. The Labute approximate surface area is 176 Å². The standard InChI is InChI=1S/C24H22N2O2S/c1-27-22-13-12-19(14-23(22)28-16-17-8-4-2-5-9-17)21-15-20(25-24(29)26-21)18-10-6-3-7-11-18/h2-15,21H,16H2,1H3,(H2,25,26,29). The molecule has 4 nitrogen and oxygen atoms in total. The first-order valence-corrected chi connectivity index (χ1v) is 9.83. The molecule has 0 aromatic heterocycles. The Bertz CT molecular complexity index is 1020. The first-order chi connectivity index (χ1) is 14.2. The minimum Gasteiger partial charge on any atom is -0.493 e. The maximum absolute atomic E-state index is 6.06. The summed E-state index contributed by atoms with van der Waals surface area (Å²) in [7, 11) is 1.65. The highest BCUT2D eigenvalue weighted by Gasteiger charge is 2.20. The monoisotopic (exact) mass is 402 g/mol. The molecule has 0 saturated heterocycles. The molecule has 3 aromatic carbocycles. The van der Waals surface area contributed by atoms with Crippen LogP contribution in [-0.4, -0.2) is 12.2 Å². The number of benzene rings is 3. The van der Waals surface area contributed by atoms with Gasteiger partial charge in [-0.05, 0) is 47.1 Å². The van der Waals surface area contributed by atoms with Crippen LogP contribution in [0.25, 0.3) is 5.70 Å². The summed E-state index contributed by atoms with van der Waals surface area (Å²) in [6.45, 7) is 0.476. The number of nitrogens with one attached hydrogen (secondary N) is 2. The molecule has 5 heteroatoms. The highest BCUT2D eigenvalue weighted by Crippen LogP contribution is 2.33. The first kappa shape index (κ1) is 19.0. The van der Waals surface area contributed by atoms with Gasteiger partial charge in [0.15, 0.2) is 16.6 Å². The first-order valence-electron chi connectivity index (χ1n) is 9.42. The van der Waals surface area contributed by atoms with Crippen LogP contribution in [0.3, 0.4) is 0 Å². The van der Waals surface area contributed by atoms with Crippen molar-refractivity contribution in [3.8, 4) is 11.5 Å². The van der Waals surface area contributed by atoms with Gasteiger partial charge >= 0.3 is 0 Å².